The molecular formula is C13H26N4O. The first-order chi connectivity index (χ1) is 8.30. The van der Waals surface area contributed by atoms with Crippen LogP contribution in [-0.4, -0.2) is 52.6 Å². The predicted molar refractivity (Wildman–Crippen MR) is 73.5 cm³/mol. The van der Waals surface area contributed by atoms with Gasteiger partial charge in [-0.25, -0.2) is 0 Å². The zero-order chi connectivity index (χ0) is 13.8. The Kier molecular flexibility index (Phi) is 5.31. The molecule has 0 bridgehead atoms. The first-order valence-electron chi connectivity index (χ1n) is 6.42. The van der Waals surface area contributed by atoms with Crippen molar-refractivity contribution in [2.24, 2.45) is 0 Å². The van der Waals surface area contributed by atoms with Crippen molar-refractivity contribution in [1.29, 1.82) is 0 Å². The summed E-state index contributed by atoms with van der Waals surface area (Å²) in [7, 11) is 3.91. The van der Waals surface area contributed by atoms with Gasteiger partial charge in [-0.15, -0.1) is 0 Å². The monoisotopic (exact) mass is 254 g/mol. The van der Waals surface area contributed by atoms with E-state index in [1.807, 2.05) is 42.9 Å². The molecule has 0 fully saturated rings. The van der Waals surface area contributed by atoms with Crippen molar-refractivity contribution in [2.75, 3.05) is 27.2 Å². The summed E-state index contributed by atoms with van der Waals surface area (Å²) in [5, 5.41) is 17.8. The van der Waals surface area contributed by atoms with Crippen molar-refractivity contribution in [1.82, 2.24) is 20.0 Å². The van der Waals surface area contributed by atoms with Gasteiger partial charge in [0.15, 0.2) is 0 Å². The van der Waals surface area contributed by atoms with Gasteiger partial charge >= 0.3 is 0 Å². The quantitative estimate of drug-likeness (QED) is 0.758. The third-order valence-electron chi connectivity index (χ3n) is 2.66. The van der Waals surface area contributed by atoms with Crippen LogP contribution < -0.4 is 5.32 Å². The Bertz CT molecular complexity index is 358. The smallest absolute Gasteiger partial charge is 0.0869 e. The van der Waals surface area contributed by atoms with Gasteiger partial charge in [0.05, 0.1) is 11.3 Å². The van der Waals surface area contributed by atoms with E-state index in [2.05, 4.69) is 24.3 Å². The highest BCUT2D eigenvalue weighted by Gasteiger charge is 2.20. The molecule has 0 aromatic carbocycles. The minimum atomic E-state index is -0.718. The normalized spacial score (nSPS) is 15.3. The molecule has 5 heteroatoms. The van der Waals surface area contributed by atoms with Crippen LogP contribution in [0, 0.1) is 0 Å². The second-order valence-corrected chi connectivity index (χ2v) is 5.72. The number of likely N-dealkylation sites (N-methyl/N-ethyl adjacent to an activating group) is 1. The Morgan fingerprint density at radius 3 is 2.67 bits per heavy atom. The molecule has 0 aliphatic carbocycles. The van der Waals surface area contributed by atoms with Crippen molar-refractivity contribution in [3.8, 4) is 0 Å². The predicted octanol–water partition coefficient (Wildman–Crippen LogP) is 0.866. The topological polar surface area (TPSA) is 53.3 Å². The van der Waals surface area contributed by atoms with Gasteiger partial charge in [0.1, 0.15) is 0 Å². The summed E-state index contributed by atoms with van der Waals surface area (Å²) in [6.07, 6.45) is 1.99. The molecule has 5 nitrogen and oxygen atoms in total. The lowest BCUT2D eigenvalue weighted by atomic mass is 10.1. The van der Waals surface area contributed by atoms with Gasteiger partial charge in [0, 0.05) is 31.9 Å². The fourth-order valence-electron chi connectivity index (χ4n) is 1.96. The number of nitrogens with zero attached hydrogens (tertiary/aromatic N) is 3. The summed E-state index contributed by atoms with van der Waals surface area (Å²) in [6, 6.07) is 2.39. The fraction of sp³-hybridized carbons (Fsp3) is 0.769. The minimum Gasteiger partial charge on any atom is -0.388 e. The van der Waals surface area contributed by atoms with E-state index in [-0.39, 0.29) is 0 Å². The van der Waals surface area contributed by atoms with Crippen molar-refractivity contribution in [3.05, 3.63) is 18.0 Å². The van der Waals surface area contributed by atoms with Crippen LogP contribution in [0.1, 0.15) is 32.5 Å². The van der Waals surface area contributed by atoms with E-state index in [9.17, 15) is 5.11 Å². The maximum absolute atomic E-state index is 10.1. The molecule has 1 heterocycles. The minimum absolute atomic E-state index is 0.385. The number of aliphatic hydroxyl groups is 1. The van der Waals surface area contributed by atoms with E-state index in [0.717, 1.165) is 5.69 Å². The molecular weight excluding hydrogens is 228 g/mol. The molecule has 0 spiro atoms. The van der Waals surface area contributed by atoms with Gasteiger partial charge in [-0.05, 0) is 40.9 Å². The Labute approximate surface area is 110 Å². The van der Waals surface area contributed by atoms with Crippen LogP contribution >= 0.6 is 0 Å². The van der Waals surface area contributed by atoms with Crippen molar-refractivity contribution < 1.29 is 5.11 Å². The molecule has 0 radical (unpaired) electrons. The molecule has 0 aliphatic heterocycles. The third kappa shape index (κ3) is 5.16. The molecule has 0 amide bonds. The van der Waals surface area contributed by atoms with E-state index in [1.165, 1.54) is 0 Å². The van der Waals surface area contributed by atoms with Gasteiger partial charge in [0.25, 0.3) is 0 Å². The van der Waals surface area contributed by atoms with Crippen molar-refractivity contribution in [2.45, 2.75) is 39.0 Å². The highest BCUT2D eigenvalue weighted by molar-refractivity contribution is 4.99. The van der Waals surface area contributed by atoms with E-state index in [0.29, 0.717) is 25.7 Å². The first kappa shape index (κ1) is 15.1. The van der Waals surface area contributed by atoms with Crippen LogP contribution in [0.2, 0.25) is 0 Å². The van der Waals surface area contributed by atoms with Crippen LogP contribution in [0.25, 0.3) is 0 Å². The van der Waals surface area contributed by atoms with Crippen LogP contribution in [0.3, 0.4) is 0 Å². The largest absolute Gasteiger partial charge is 0.388 e. The number of hydrogen-bond acceptors (Lipinski definition) is 4. The van der Waals surface area contributed by atoms with Crippen LogP contribution in [0.15, 0.2) is 12.3 Å². The number of nitrogens with one attached hydrogen (secondary N) is 1. The number of aromatic nitrogens is 2. The van der Waals surface area contributed by atoms with Gasteiger partial charge in [-0.3, -0.25) is 4.68 Å². The fourth-order valence-corrected chi connectivity index (χ4v) is 1.96. The second-order valence-electron chi connectivity index (χ2n) is 5.72. The lowest BCUT2D eigenvalue weighted by Gasteiger charge is -2.27. The molecule has 0 aliphatic rings. The lowest BCUT2D eigenvalue weighted by molar-refractivity contribution is 0.0335. The Morgan fingerprint density at radius 2 is 2.17 bits per heavy atom. The van der Waals surface area contributed by atoms with E-state index >= 15 is 0 Å². The zero-order valence-electron chi connectivity index (χ0n) is 12.1. The number of rotatable bonds is 7. The average molecular weight is 254 g/mol. The molecule has 1 aromatic rings. The molecule has 104 valence electrons. The van der Waals surface area contributed by atoms with Gasteiger partial charge in [-0.1, -0.05) is 0 Å². The molecule has 18 heavy (non-hydrogen) atoms. The third-order valence-corrected chi connectivity index (χ3v) is 2.66. The van der Waals surface area contributed by atoms with E-state index in [4.69, 9.17) is 0 Å². The number of hydrogen-bond donors (Lipinski definition) is 2. The standard InChI is InChI=1S/C13H26N4O/c1-11(2)17-7-6-12(15-17)8-14-9-13(3,18)10-16(4)5/h6-7,11,14,18H,8-10H2,1-5H3. The van der Waals surface area contributed by atoms with E-state index in [1.54, 1.807) is 0 Å². The SMILES string of the molecule is CC(C)n1ccc(CNCC(C)(O)CN(C)C)n1. The van der Waals surface area contributed by atoms with Crippen molar-refractivity contribution >= 4 is 0 Å². The maximum atomic E-state index is 10.1. The first-order valence-corrected chi connectivity index (χ1v) is 6.42. The molecule has 2 N–H and O–H groups in total. The summed E-state index contributed by atoms with van der Waals surface area (Å²) < 4.78 is 1.94. The zero-order valence-corrected chi connectivity index (χ0v) is 12.1. The van der Waals surface area contributed by atoms with Crippen LogP contribution in [0.4, 0.5) is 0 Å². The summed E-state index contributed by atoms with van der Waals surface area (Å²) in [6.45, 7) is 7.92. The summed E-state index contributed by atoms with van der Waals surface area (Å²) in [5.74, 6) is 0. The highest BCUT2D eigenvalue weighted by atomic mass is 16.3. The van der Waals surface area contributed by atoms with Gasteiger partial charge in [-0.2, -0.15) is 5.10 Å². The molecule has 1 aromatic heterocycles. The van der Waals surface area contributed by atoms with Crippen molar-refractivity contribution in [3.63, 3.8) is 0 Å². The molecule has 1 unspecified atom stereocenters. The summed E-state index contributed by atoms with van der Waals surface area (Å²) >= 11 is 0. The molecule has 0 saturated carbocycles. The second kappa shape index (κ2) is 6.31. The molecule has 1 atom stereocenters. The molecule has 0 saturated heterocycles. The highest BCUT2D eigenvalue weighted by Crippen LogP contribution is 2.05. The Hall–Kier alpha value is -0.910. The van der Waals surface area contributed by atoms with E-state index < -0.39 is 5.60 Å². The summed E-state index contributed by atoms with van der Waals surface area (Å²) in [4.78, 5) is 1.98. The Balaban J connectivity index is 2.36. The van der Waals surface area contributed by atoms with Crippen LogP contribution in [0.5, 0.6) is 0 Å². The maximum Gasteiger partial charge on any atom is 0.0869 e. The lowest BCUT2D eigenvalue weighted by Crippen LogP contribution is -2.45. The summed E-state index contributed by atoms with van der Waals surface area (Å²) in [5.41, 5.74) is 0.286. The molecule has 1 rings (SSSR count). The van der Waals surface area contributed by atoms with Crippen LogP contribution in [-0.2, 0) is 6.54 Å². The van der Waals surface area contributed by atoms with Gasteiger partial charge < -0.3 is 15.3 Å². The average Bonchev–Trinajstić information content (AvgIpc) is 2.63. The van der Waals surface area contributed by atoms with Gasteiger partial charge in [0.2, 0.25) is 0 Å². The Morgan fingerprint density at radius 1 is 1.50 bits per heavy atom.